The molecule has 1 heterocycles. The number of aromatic nitrogens is 2. The Hall–Kier alpha value is -1.37. The lowest BCUT2D eigenvalue weighted by Crippen LogP contribution is -2.41. The fourth-order valence-corrected chi connectivity index (χ4v) is 0.919. The molecule has 5 N–H and O–H groups in total. The summed E-state index contributed by atoms with van der Waals surface area (Å²) in [5.41, 5.74) is 10.9. The molecule has 0 saturated heterocycles. The van der Waals surface area contributed by atoms with Crippen molar-refractivity contribution in [3.63, 3.8) is 0 Å². The molecule has 2 atom stereocenters. The molecule has 14 heavy (non-hydrogen) atoms. The molecular weight excluding hydrogens is 184 g/mol. The summed E-state index contributed by atoms with van der Waals surface area (Å²) in [6.45, 7) is -0.431. The molecule has 0 bridgehead atoms. The van der Waals surface area contributed by atoms with E-state index in [0.717, 1.165) is 0 Å². The summed E-state index contributed by atoms with van der Waals surface area (Å²) < 4.78 is 0. The Morgan fingerprint density at radius 2 is 2.00 bits per heavy atom. The van der Waals surface area contributed by atoms with Crippen LogP contribution in [0.2, 0.25) is 0 Å². The van der Waals surface area contributed by atoms with Gasteiger partial charge >= 0.3 is 0 Å². The molecule has 0 radical (unpaired) electrons. The second-order valence-corrected chi connectivity index (χ2v) is 2.78. The van der Waals surface area contributed by atoms with Gasteiger partial charge in [0.05, 0.1) is 12.6 Å². The van der Waals surface area contributed by atoms with Gasteiger partial charge in [0.2, 0.25) is 0 Å². The summed E-state index contributed by atoms with van der Waals surface area (Å²) in [7, 11) is 0. The van der Waals surface area contributed by atoms with Crippen molar-refractivity contribution in [2.75, 3.05) is 6.61 Å². The molecule has 0 aliphatic heterocycles. The first-order valence-electron chi connectivity index (χ1n) is 4.09. The van der Waals surface area contributed by atoms with Crippen molar-refractivity contribution in [1.82, 2.24) is 9.97 Å². The summed E-state index contributed by atoms with van der Waals surface area (Å²) in [4.78, 5) is 19.0. The maximum atomic E-state index is 11.4. The SMILES string of the molecule is NC(CO)C(=O)C(N)c1ncccn1. The first-order valence-corrected chi connectivity index (χ1v) is 4.09. The minimum Gasteiger partial charge on any atom is -0.394 e. The van der Waals surface area contributed by atoms with E-state index < -0.39 is 24.5 Å². The van der Waals surface area contributed by atoms with Gasteiger partial charge in [-0.05, 0) is 6.07 Å². The third kappa shape index (κ3) is 2.32. The zero-order chi connectivity index (χ0) is 10.6. The topological polar surface area (TPSA) is 115 Å². The fraction of sp³-hybridized carbons (Fsp3) is 0.375. The number of ketones is 1. The molecule has 1 rings (SSSR count). The summed E-state index contributed by atoms with van der Waals surface area (Å²) >= 11 is 0. The van der Waals surface area contributed by atoms with Gasteiger partial charge in [0.25, 0.3) is 0 Å². The van der Waals surface area contributed by atoms with Crippen LogP contribution in [0.1, 0.15) is 11.9 Å². The van der Waals surface area contributed by atoms with Crippen molar-refractivity contribution >= 4 is 5.78 Å². The van der Waals surface area contributed by atoms with E-state index in [1.54, 1.807) is 6.07 Å². The van der Waals surface area contributed by atoms with Crippen molar-refractivity contribution in [3.05, 3.63) is 24.3 Å². The van der Waals surface area contributed by atoms with Crippen molar-refractivity contribution in [2.45, 2.75) is 12.1 Å². The number of aliphatic hydroxyl groups is 1. The van der Waals surface area contributed by atoms with Gasteiger partial charge in [0.15, 0.2) is 11.6 Å². The number of aliphatic hydroxyl groups excluding tert-OH is 1. The lowest BCUT2D eigenvalue weighted by Gasteiger charge is -2.12. The monoisotopic (exact) mass is 196 g/mol. The van der Waals surface area contributed by atoms with Crippen LogP contribution < -0.4 is 11.5 Å². The normalized spacial score (nSPS) is 14.8. The van der Waals surface area contributed by atoms with Gasteiger partial charge in [0, 0.05) is 12.4 Å². The van der Waals surface area contributed by atoms with Crippen LogP contribution in [0, 0.1) is 0 Å². The Balaban J connectivity index is 2.76. The number of carbonyl (C=O) groups is 1. The van der Waals surface area contributed by atoms with E-state index in [2.05, 4.69) is 9.97 Å². The third-order valence-corrected chi connectivity index (χ3v) is 1.73. The number of Topliss-reactive ketones (excluding diaryl/α,β-unsaturated/α-hetero) is 1. The van der Waals surface area contributed by atoms with Crippen molar-refractivity contribution in [3.8, 4) is 0 Å². The Morgan fingerprint density at radius 3 is 2.50 bits per heavy atom. The van der Waals surface area contributed by atoms with Gasteiger partial charge in [-0.3, -0.25) is 4.79 Å². The molecule has 2 unspecified atom stereocenters. The lowest BCUT2D eigenvalue weighted by atomic mass is 10.1. The van der Waals surface area contributed by atoms with E-state index in [9.17, 15) is 4.79 Å². The maximum Gasteiger partial charge on any atom is 0.176 e. The summed E-state index contributed by atoms with van der Waals surface area (Å²) in [5.74, 6) is -0.264. The molecule has 0 spiro atoms. The third-order valence-electron chi connectivity index (χ3n) is 1.73. The van der Waals surface area contributed by atoms with E-state index >= 15 is 0 Å². The number of nitrogens with zero attached hydrogens (tertiary/aromatic N) is 2. The number of carbonyl (C=O) groups excluding carboxylic acids is 1. The molecule has 1 aromatic rings. The van der Waals surface area contributed by atoms with E-state index in [1.165, 1.54) is 12.4 Å². The van der Waals surface area contributed by atoms with Crippen molar-refractivity contribution < 1.29 is 9.90 Å². The molecule has 0 amide bonds. The van der Waals surface area contributed by atoms with Crippen molar-refractivity contribution in [1.29, 1.82) is 0 Å². The smallest absolute Gasteiger partial charge is 0.176 e. The summed E-state index contributed by atoms with van der Waals surface area (Å²) in [6.07, 6.45) is 2.97. The van der Waals surface area contributed by atoms with Crippen molar-refractivity contribution in [2.24, 2.45) is 11.5 Å². The highest BCUT2D eigenvalue weighted by atomic mass is 16.3. The highest BCUT2D eigenvalue weighted by Crippen LogP contribution is 2.05. The number of nitrogens with two attached hydrogens (primary N) is 2. The molecule has 0 saturated carbocycles. The Bertz CT molecular complexity index is 303. The fourth-order valence-electron chi connectivity index (χ4n) is 0.919. The second-order valence-electron chi connectivity index (χ2n) is 2.78. The molecule has 1 aromatic heterocycles. The number of rotatable bonds is 4. The Labute approximate surface area is 81.0 Å². The second kappa shape index (κ2) is 4.75. The average Bonchev–Trinajstić information content (AvgIpc) is 2.27. The molecule has 6 nitrogen and oxygen atoms in total. The number of hydrogen-bond acceptors (Lipinski definition) is 6. The van der Waals surface area contributed by atoms with Gasteiger partial charge in [0.1, 0.15) is 6.04 Å². The van der Waals surface area contributed by atoms with E-state index in [-0.39, 0.29) is 5.82 Å². The average molecular weight is 196 g/mol. The molecular formula is C8H12N4O2. The van der Waals surface area contributed by atoms with E-state index in [0.29, 0.717) is 0 Å². The minimum atomic E-state index is -0.978. The summed E-state index contributed by atoms with van der Waals surface area (Å²) in [5, 5.41) is 8.66. The first-order chi connectivity index (χ1) is 6.66. The zero-order valence-electron chi connectivity index (χ0n) is 7.50. The van der Waals surface area contributed by atoms with Crippen LogP contribution >= 0.6 is 0 Å². The molecule has 76 valence electrons. The van der Waals surface area contributed by atoms with Crippen LogP contribution in [-0.4, -0.2) is 33.5 Å². The highest BCUT2D eigenvalue weighted by molar-refractivity contribution is 5.89. The Morgan fingerprint density at radius 1 is 1.43 bits per heavy atom. The highest BCUT2D eigenvalue weighted by Gasteiger charge is 2.23. The van der Waals surface area contributed by atoms with Crippen LogP contribution in [0.3, 0.4) is 0 Å². The van der Waals surface area contributed by atoms with Crippen LogP contribution in [-0.2, 0) is 4.79 Å². The van der Waals surface area contributed by atoms with E-state index in [4.69, 9.17) is 16.6 Å². The standard InChI is InChI=1S/C8H12N4O2/c9-5(4-13)7(14)6(10)8-11-2-1-3-12-8/h1-3,5-6,13H,4,9-10H2. The first kappa shape index (κ1) is 10.7. The zero-order valence-corrected chi connectivity index (χ0v) is 7.50. The molecule has 0 aromatic carbocycles. The van der Waals surface area contributed by atoms with Gasteiger partial charge in [-0.1, -0.05) is 0 Å². The molecule has 0 aliphatic rings. The summed E-state index contributed by atoms with van der Waals surface area (Å²) in [6, 6.07) is -0.334. The van der Waals surface area contributed by atoms with Crippen LogP contribution in [0.4, 0.5) is 0 Å². The molecule has 0 aliphatic carbocycles. The lowest BCUT2D eigenvalue weighted by molar-refractivity contribution is -0.122. The number of hydrogen-bond donors (Lipinski definition) is 3. The molecule has 0 fully saturated rings. The van der Waals surface area contributed by atoms with E-state index in [1.807, 2.05) is 0 Å². The van der Waals surface area contributed by atoms with Gasteiger partial charge in [-0.25, -0.2) is 9.97 Å². The van der Waals surface area contributed by atoms with Gasteiger partial charge in [-0.2, -0.15) is 0 Å². The predicted molar refractivity (Wildman–Crippen MR) is 49.0 cm³/mol. The van der Waals surface area contributed by atoms with Gasteiger partial charge < -0.3 is 16.6 Å². The maximum absolute atomic E-state index is 11.4. The van der Waals surface area contributed by atoms with Crippen LogP contribution in [0.25, 0.3) is 0 Å². The predicted octanol–water partition coefficient (Wildman–Crippen LogP) is -1.63. The minimum absolute atomic E-state index is 0.210. The molecule has 6 heteroatoms. The van der Waals surface area contributed by atoms with Crippen LogP contribution in [0.15, 0.2) is 18.5 Å². The largest absolute Gasteiger partial charge is 0.394 e. The Kier molecular flexibility index (Phi) is 3.63. The van der Waals surface area contributed by atoms with Gasteiger partial charge in [-0.15, -0.1) is 0 Å². The quantitative estimate of drug-likeness (QED) is 0.532. The van der Waals surface area contributed by atoms with Crippen LogP contribution in [0.5, 0.6) is 0 Å².